The summed E-state index contributed by atoms with van der Waals surface area (Å²) in [4.78, 5) is 49.5. The Balaban J connectivity index is 0.551. The Morgan fingerprint density at radius 3 is 0.682 bits per heavy atom. The van der Waals surface area contributed by atoms with Crippen LogP contribution in [0.2, 0.25) is 0 Å². The number of hydrogen-bond acceptors (Lipinski definition) is 8. The van der Waals surface area contributed by atoms with Crippen LogP contribution in [0, 0.1) is 0 Å². The van der Waals surface area contributed by atoms with Gasteiger partial charge in [-0.3, -0.25) is 0 Å². The van der Waals surface area contributed by atoms with Gasteiger partial charge in [-0.25, -0.2) is 49.9 Å². The molecule has 4 heterocycles. The molecule has 0 amide bonds. The molecule has 0 saturated heterocycles. The lowest BCUT2D eigenvalue weighted by molar-refractivity contribution is 0.820. The van der Waals surface area contributed by atoms with Crippen LogP contribution in [-0.4, -0.2) is 62.4 Å². The maximum absolute atomic E-state index is 6.84. The normalized spacial score (nSPS) is 12.0. The second-order valence-electron chi connectivity index (χ2n) is 37.7. The minimum atomic E-state index is 0.384. The van der Waals surface area contributed by atoms with Crippen LogP contribution in [0.5, 0.6) is 0 Å². The predicted molar refractivity (Wildman–Crippen MR) is 612 cm³/mol. The molecule has 0 spiro atoms. The Kier molecular flexibility index (Phi) is 28.1. The van der Waals surface area contributed by atoms with Gasteiger partial charge in [0.05, 0.1) is 33.5 Å². The second-order valence-corrected chi connectivity index (χ2v) is 37.7. The van der Waals surface area contributed by atoms with Gasteiger partial charge in [0.2, 0.25) is 0 Å². The van der Waals surface area contributed by atoms with E-state index in [0.29, 0.717) is 69.7 Å². The highest BCUT2D eigenvalue weighted by molar-refractivity contribution is 6.15. The molecule has 0 fully saturated rings. The molecule has 0 unspecified atom stereocenters. The zero-order valence-corrected chi connectivity index (χ0v) is 82.3. The molecule has 4 N–H and O–H groups in total. The lowest BCUT2D eigenvalue weighted by Gasteiger charge is -2.11. The van der Waals surface area contributed by atoms with E-state index in [4.69, 9.17) is 61.3 Å². The van der Waals surface area contributed by atoms with E-state index in [1.165, 1.54) is 66.1 Å². The molecule has 0 bridgehead atoms. The number of nitrogens with zero attached hydrogens (tertiary/aromatic N) is 12. The zero-order chi connectivity index (χ0) is 99.9. The molecular weight excluding hydrogens is 1810 g/mol. The third kappa shape index (κ3) is 21.8. The largest absolute Gasteiger partial charge is 0.383 e. The van der Waals surface area contributed by atoms with Crippen LogP contribution >= 0.6 is 0 Å². The van der Waals surface area contributed by atoms with Crippen molar-refractivity contribution in [3.8, 4) is 90.8 Å². The van der Waals surface area contributed by atoms with Gasteiger partial charge in [-0.15, -0.1) is 0 Å². The van der Waals surface area contributed by atoms with E-state index < -0.39 is 0 Å². The van der Waals surface area contributed by atoms with Gasteiger partial charge in [-0.05, 0) is 217 Å². The number of benzene rings is 18. The van der Waals surface area contributed by atoms with Gasteiger partial charge in [-0.2, -0.15) is 0 Å². The smallest absolute Gasteiger partial charge is 0.164 e. The van der Waals surface area contributed by atoms with Crippen molar-refractivity contribution in [3.63, 3.8) is 0 Å². The van der Waals surface area contributed by atoms with E-state index in [1.54, 1.807) is 0 Å². The lowest BCUT2D eigenvalue weighted by atomic mass is 9.98. The predicted octanol–water partition coefficient (Wildman–Crippen LogP) is 30.3. The summed E-state index contributed by atoms with van der Waals surface area (Å²) in [5.41, 5.74) is 45.0. The fourth-order valence-corrected chi connectivity index (χ4v) is 19.7. The van der Waals surface area contributed by atoms with Gasteiger partial charge in [0.25, 0.3) is 0 Å². The Bertz CT molecular complexity index is 8520. The molecule has 14 heteroatoms. The Labute approximate surface area is 862 Å². The first-order valence-corrected chi connectivity index (χ1v) is 50.8. The van der Waals surface area contributed by atoms with Gasteiger partial charge in [0.1, 0.15) is 11.7 Å². The van der Waals surface area contributed by atoms with E-state index in [0.717, 1.165) is 188 Å². The van der Waals surface area contributed by atoms with Gasteiger partial charge in [0, 0.05) is 88.6 Å². The number of aliphatic imine (C=N–C) groups is 4. The first-order chi connectivity index (χ1) is 72.9. The maximum Gasteiger partial charge on any atom is 0.164 e. The van der Waals surface area contributed by atoms with Crippen LogP contribution in [0.15, 0.2) is 494 Å². The fourth-order valence-electron chi connectivity index (χ4n) is 19.7. The molecule has 0 atom stereocenters. The molecule has 4 aromatic heterocycles. The van der Waals surface area contributed by atoms with E-state index in [-0.39, 0.29) is 0 Å². The number of amidine groups is 4. The first-order valence-electron chi connectivity index (χ1n) is 50.8. The van der Waals surface area contributed by atoms with Crippen LogP contribution in [-0.2, 0) is 51.4 Å². The molecule has 0 aliphatic heterocycles. The standard InChI is InChI=1S/C134H108N14/c1-91(101-39-11-3-12-40-101)137-127(105-43-15-5-16-44-105)139-125(135)103-69-55-93(56-70-103)31-27-33-97-63-79-115(80-64-97)147-122-84-68-100(38-30-36-96-61-75-112(76-62-96)134-145-131(109-51-23-9-24-52-109)142-132(146-134)110-53-25-10-26-54-110)88-118(122)120-90-114(78-86-124(120)147)113-77-85-123-119(89-113)117-87-99(37-29-35-94-57-71-104(72-58-94)126(136)140-128(106-45-17-6-18-46-106)138-92(2)102-41-13-4-14-42-102)67-83-121(117)148(123)116-81-65-98(66-82-116)34-28-32-95-59-73-111(74-60-95)133-143-129(107-47-19-7-20-48-107)141-130(144-133)108-49-21-8-22-50-108/h3-26,39-90H,1-2,27-38H2,(H2,135,137,139)(H2,136,138,140). The number of fused-ring (bicyclic) bond motifs is 6. The quantitative estimate of drug-likeness (QED) is 0.0300. The average Bonchev–Trinajstić information content (AvgIpc) is 1.58. The zero-order valence-electron chi connectivity index (χ0n) is 82.3. The van der Waals surface area contributed by atoms with Crippen molar-refractivity contribution < 1.29 is 0 Å². The average molecular weight is 1910 g/mol. The third-order valence-corrected chi connectivity index (χ3v) is 27.6. The monoisotopic (exact) mass is 1910 g/mol. The van der Waals surface area contributed by atoms with Gasteiger partial charge < -0.3 is 20.6 Å². The van der Waals surface area contributed by atoms with Crippen molar-refractivity contribution >= 4 is 78.3 Å². The number of rotatable bonds is 33. The lowest BCUT2D eigenvalue weighted by Crippen LogP contribution is -2.16. The van der Waals surface area contributed by atoms with Crippen LogP contribution < -0.4 is 11.5 Å². The third-order valence-electron chi connectivity index (χ3n) is 27.6. The van der Waals surface area contributed by atoms with Crippen molar-refractivity contribution in [2.24, 2.45) is 31.4 Å². The van der Waals surface area contributed by atoms with Crippen LogP contribution in [0.25, 0.3) is 146 Å². The number of aromatic nitrogens is 8. The molecule has 0 saturated carbocycles. The minimum absolute atomic E-state index is 0.384. The summed E-state index contributed by atoms with van der Waals surface area (Å²) in [5.74, 6) is 5.66. The highest BCUT2D eigenvalue weighted by Crippen LogP contribution is 2.41. The summed E-state index contributed by atoms with van der Waals surface area (Å²) >= 11 is 0. The second kappa shape index (κ2) is 44.1. The molecule has 148 heavy (non-hydrogen) atoms. The SMILES string of the molecule is C=C(/N=C(\N=C(/N)c1ccc(CCCc2ccc(-n3c4ccc(CCCc5ccc(-c6nc(-c7ccccc7)nc(-c7ccccc7)n6)cc5)cc4c4cc(-c5ccc6c(c5)c5cc(CCCc7ccc(/C(N)=N/C(=N\C(=C)c8ccccc8)c8ccccc8)cc7)ccc5n6-c5ccc(CCCc6ccc(-c7nc(-c8ccccc8)nc(-c8ccccc8)n7)cc6)cc5)ccc43)cc2)cc1)c1ccccc1)c1ccccc1. The highest BCUT2D eigenvalue weighted by atomic mass is 15.1. The van der Waals surface area contributed by atoms with Gasteiger partial charge >= 0.3 is 0 Å². The van der Waals surface area contributed by atoms with Crippen LogP contribution in [0.4, 0.5) is 0 Å². The van der Waals surface area contributed by atoms with Crippen molar-refractivity contribution in [2.75, 3.05) is 0 Å². The summed E-state index contributed by atoms with van der Waals surface area (Å²) in [6.45, 7) is 8.57. The summed E-state index contributed by atoms with van der Waals surface area (Å²) in [7, 11) is 0. The first kappa shape index (κ1) is 94.3. The van der Waals surface area contributed by atoms with Crippen molar-refractivity contribution in [3.05, 3.63) is 552 Å². The number of nitrogens with two attached hydrogens (primary N) is 2. The molecule has 14 nitrogen and oxygen atoms in total. The molecule has 22 aromatic rings. The fraction of sp³-hybridized carbons (Fsp3) is 0.0896. The van der Waals surface area contributed by atoms with Gasteiger partial charge in [0.15, 0.2) is 46.6 Å². The van der Waals surface area contributed by atoms with E-state index >= 15 is 0 Å². The van der Waals surface area contributed by atoms with Crippen LogP contribution in [0.1, 0.15) is 104 Å². The van der Waals surface area contributed by atoms with Crippen LogP contribution in [0.3, 0.4) is 0 Å². The molecule has 18 aromatic carbocycles. The van der Waals surface area contributed by atoms with Crippen molar-refractivity contribution in [1.82, 2.24) is 39.0 Å². The minimum Gasteiger partial charge on any atom is -0.383 e. The summed E-state index contributed by atoms with van der Waals surface area (Å²) in [6.07, 6.45) is 11.1. The molecule has 22 rings (SSSR count). The van der Waals surface area contributed by atoms with E-state index in [9.17, 15) is 0 Å². The molecular formula is C134H108N14. The maximum atomic E-state index is 6.84. The topological polar surface area (TPSA) is 189 Å². The summed E-state index contributed by atoms with van der Waals surface area (Å²) in [6, 6.07) is 162. The Hall–Kier alpha value is -18.7. The highest BCUT2D eigenvalue weighted by Gasteiger charge is 2.23. The molecule has 0 aliphatic carbocycles. The number of hydrogen-bond donors (Lipinski definition) is 2. The Morgan fingerprint density at radius 1 is 0.196 bits per heavy atom. The molecule has 0 aliphatic rings. The summed E-state index contributed by atoms with van der Waals surface area (Å²) < 4.78 is 4.92. The number of aryl methyl sites for hydroxylation is 8. The van der Waals surface area contributed by atoms with E-state index in [1.807, 2.05) is 243 Å². The van der Waals surface area contributed by atoms with Gasteiger partial charge in [-0.1, -0.05) is 401 Å². The Morgan fingerprint density at radius 2 is 0.405 bits per heavy atom. The van der Waals surface area contributed by atoms with Crippen molar-refractivity contribution in [2.45, 2.75) is 77.0 Å². The summed E-state index contributed by atoms with van der Waals surface area (Å²) in [5, 5.41) is 4.83. The molecule has 714 valence electrons. The van der Waals surface area contributed by atoms with E-state index in [2.05, 4.69) is 241 Å². The molecule has 0 radical (unpaired) electrons. The van der Waals surface area contributed by atoms with Crippen molar-refractivity contribution in [1.29, 1.82) is 0 Å².